The molecule has 0 aliphatic carbocycles. The molecule has 0 unspecified atom stereocenters. The fourth-order valence-electron chi connectivity index (χ4n) is 3.57. The van der Waals surface area contributed by atoms with Crippen LogP contribution in [-0.2, 0) is 11.2 Å². The number of aromatic nitrogens is 1. The number of halogens is 1. The van der Waals surface area contributed by atoms with Gasteiger partial charge in [-0.05, 0) is 42.7 Å². The molecular weight excluding hydrogens is 336 g/mol. The Morgan fingerprint density at radius 1 is 1.28 bits per heavy atom. The van der Waals surface area contributed by atoms with E-state index in [2.05, 4.69) is 4.98 Å². The first kappa shape index (κ1) is 16.0. The van der Waals surface area contributed by atoms with Crippen LogP contribution in [0.3, 0.4) is 0 Å². The summed E-state index contributed by atoms with van der Waals surface area (Å²) in [6.07, 6.45) is 2.47. The van der Waals surface area contributed by atoms with E-state index in [1.807, 2.05) is 66.6 Å². The van der Waals surface area contributed by atoms with Crippen molar-refractivity contribution in [2.45, 2.75) is 25.4 Å². The van der Waals surface area contributed by atoms with Crippen molar-refractivity contribution in [1.82, 2.24) is 9.88 Å². The van der Waals surface area contributed by atoms with Crippen molar-refractivity contribution in [3.05, 3.63) is 70.9 Å². The maximum atomic E-state index is 12.3. The van der Waals surface area contributed by atoms with Crippen molar-refractivity contribution in [2.75, 3.05) is 6.61 Å². The Balaban J connectivity index is 1.62. The van der Waals surface area contributed by atoms with E-state index in [0.717, 1.165) is 28.5 Å². The van der Waals surface area contributed by atoms with E-state index in [4.69, 9.17) is 16.3 Å². The Morgan fingerprint density at radius 3 is 2.88 bits per heavy atom. The van der Waals surface area contributed by atoms with Gasteiger partial charge in [-0.15, -0.1) is 0 Å². The number of hydrogen-bond donors (Lipinski definition) is 1. The lowest BCUT2D eigenvalue weighted by atomic mass is 10.0. The lowest BCUT2D eigenvalue weighted by Gasteiger charge is -2.28. The summed E-state index contributed by atoms with van der Waals surface area (Å²) in [6, 6.07) is 15.8. The van der Waals surface area contributed by atoms with E-state index in [9.17, 15) is 4.79 Å². The quantitative estimate of drug-likeness (QED) is 0.720. The van der Waals surface area contributed by atoms with Crippen molar-refractivity contribution in [2.24, 2.45) is 0 Å². The average Bonchev–Trinajstić information content (AvgIpc) is 3.19. The summed E-state index contributed by atoms with van der Waals surface area (Å²) < 4.78 is 5.36. The Labute approximate surface area is 151 Å². The molecule has 0 radical (unpaired) electrons. The third kappa shape index (κ3) is 2.98. The van der Waals surface area contributed by atoms with E-state index in [-0.39, 0.29) is 18.2 Å². The molecular formula is C20H19ClN2O2. The molecule has 1 amide bonds. The van der Waals surface area contributed by atoms with Gasteiger partial charge in [0.05, 0.1) is 12.1 Å². The fourth-order valence-corrected chi connectivity index (χ4v) is 3.74. The Morgan fingerprint density at radius 2 is 2.08 bits per heavy atom. The van der Waals surface area contributed by atoms with Gasteiger partial charge in [0, 0.05) is 22.1 Å². The van der Waals surface area contributed by atoms with Crippen LogP contribution in [0.5, 0.6) is 0 Å². The van der Waals surface area contributed by atoms with E-state index >= 15 is 0 Å². The number of fused-ring (bicyclic) bond motifs is 1. The highest BCUT2D eigenvalue weighted by atomic mass is 35.5. The van der Waals surface area contributed by atoms with Crippen molar-refractivity contribution in [1.29, 1.82) is 0 Å². The predicted molar refractivity (Wildman–Crippen MR) is 98.8 cm³/mol. The number of amides is 1. The van der Waals surface area contributed by atoms with Gasteiger partial charge in [-0.2, -0.15) is 0 Å². The molecule has 4 nitrogen and oxygen atoms in total. The highest BCUT2D eigenvalue weighted by molar-refractivity contribution is 6.31. The minimum absolute atomic E-state index is 0.000637. The maximum absolute atomic E-state index is 12.3. The van der Waals surface area contributed by atoms with E-state index in [1.165, 1.54) is 0 Å². The van der Waals surface area contributed by atoms with Crippen LogP contribution >= 0.6 is 11.6 Å². The molecule has 4 rings (SSSR count). The number of rotatable bonds is 4. The third-order valence-electron chi connectivity index (χ3n) is 4.89. The minimum Gasteiger partial charge on any atom is -0.447 e. The molecule has 2 aromatic carbocycles. The topological polar surface area (TPSA) is 45.3 Å². The fraction of sp³-hybridized carbons (Fsp3) is 0.250. The van der Waals surface area contributed by atoms with Crippen molar-refractivity contribution in [3.63, 3.8) is 0 Å². The van der Waals surface area contributed by atoms with Gasteiger partial charge in [-0.25, -0.2) is 4.79 Å². The van der Waals surface area contributed by atoms with Crippen LogP contribution < -0.4 is 0 Å². The first-order chi connectivity index (χ1) is 12.1. The number of nitrogens with one attached hydrogen (secondary N) is 1. The van der Waals surface area contributed by atoms with Crippen LogP contribution in [0.4, 0.5) is 4.79 Å². The highest BCUT2D eigenvalue weighted by Gasteiger charge is 2.37. The number of benzene rings is 2. The van der Waals surface area contributed by atoms with Gasteiger partial charge < -0.3 is 9.72 Å². The molecule has 1 fully saturated rings. The summed E-state index contributed by atoms with van der Waals surface area (Å²) in [5.74, 6) is 0. The minimum atomic E-state index is -0.251. The lowest BCUT2D eigenvalue weighted by molar-refractivity contribution is 0.147. The number of carbonyl (C=O) groups excluding carboxylic acids is 1. The Bertz CT molecular complexity index is 906. The number of H-pyrrole nitrogens is 1. The normalized spacial score (nSPS) is 18.6. The van der Waals surface area contributed by atoms with Gasteiger partial charge in [-0.1, -0.05) is 41.9 Å². The first-order valence-electron chi connectivity index (χ1n) is 8.39. The van der Waals surface area contributed by atoms with Crippen LogP contribution in [0.1, 0.15) is 24.1 Å². The molecule has 1 aliphatic heterocycles. The molecule has 1 aliphatic rings. The molecule has 5 heteroatoms. The van der Waals surface area contributed by atoms with Gasteiger partial charge in [0.15, 0.2) is 0 Å². The van der Waals surface area contributed by atoms with Crippen molar-refractivity contribution in [3.8, 4) is 0 Å². The number of cyclic esters (lactones) is 1. The molecule has 1 aromatic heterocycles. The van der Waals surface area contributed by atoms with Crippen LogP contribution in [0.2, 0.25) is 5.02 Å². The Kier molecular flexibility index (Phi) is 4.14. The van der Waals surface area contributed by atoms with Gasteiger partial charge in [0.25, 0.3) is 0 Å². The standard InChI is InChI=1S/C20H19ClN2O2/c1-13(14-5-3-2-4-6-14)23-17(12-25-20(23)24)9-15-11-22-19-8-7-16(21)10-18(15)19/h2-8,10-11,13,17,22H,9,12H2,1H3/t13-,17-/m0/s1. The van der Waals surface area contributed by atoms with Crippen molar-refractivity contribution >= 4 is 28.6 Å². The molecule has 25 heavy (non-hydrogen) atoms. The number of aromatic amines is 1. The zero-order valence-electron chi connectivity index (χ0n) is 13.9. The number of carbonyl (C=O) groups is 1. The van der Waals surface area contributed by atoms with Gasteiger partial charge in [-0.3, -0.25) is 4.90 Å². The first-order valence-corrected chi connectivity index (χ1v) is 8.77. The molecule has 0 bridgehead atoms. The van der Waals surface area contributed by atoms with Crippen LogP contribution in [0.15, 0.2) is 54.7 Å². The summed E-state index contributed by atoms with van der Waals surface area (Å²) in [6.45, 7) is 2.45. The average molecular weight is 355 g/mol. The van der Waals surface area contributed by atoms with Gasteiger partial charge >= 0.3 is 6.09 Å². The molecule has 0 saturated carbocycles. The summed E-state index contributed by atoms with van der Waals surface area (Å²) in [5, 5.41) is 1.81. The molecule has 1 N–H and O–H groups in total. The second-order valence-corrected chi connectivity index (χ2v) is 6.87. The van der Waals surface area contributed by atoms with E-state index < -0.39 is 0 Å². The second kappa shape index (κ2) is 6.45. The zero-order valence-corrected chi connectivity index (χ0v) is 14.7. The summed E-state index contributed by atoms with van der Waals surface area (Å²) in [4.78, 5) is 17.4. The largest absolute Gasteiger partial charge is 0.447 e. The molecule has 2 heterocycles. The van der Waals surface area contributed by atoms with Crippen LogP contribution in [-0.4, -0.2) is 28.6 Å². The van der Waals surface area contributed by atoms with E-state index in [0.29, 0.717) is 11.6 Å². The number of ether oxygens (including phenoxy) is 1. The molecule has 2 atom stereocenters. The monoisotopic (exact) mass is 354 g/mol. The molecule has 3 aromatic rings. The third-order valence-corrected chi connectivity index (χ3v) is 5.12. The second-order valence-electron chi connectivity index (χ2n) is 6.43. The summed E-state index contributed by atoms with van der Waals surface area (Å²) >= 11 is 6.14. The molecule has 0 spiro atoms. The van der Waals surface area contributed by atoms with Gasteiger partial charge in [0.1, 0.15) is 6.61 Å². The summed E-state index contributed by atoms with van der Waals surface area (Å²) in [7, 11) is 0. The van der Waals surface area contributed by atoms with Crippen molar-refractivity contribution < 1.29 is 9.53 Å². The smallest absolute Gasteiger partial charge is 0.410 e. The van der Waals surface area contributed by atoms with Gasteiger partial charge in [0.2, 0.25) is 0 Å². The number of nitrogens with zero attached hydrogens (tertiary/aromatic N) is 1. The van der Waals surface area contributed by atoms with Crippen LogP contribution in [0, 0.1) is 0 Å². The Hall–Kier alpha value is -2.46. The lowest BCUT2D eigenvalue weighted by Crippen LogP contribution is -2.37. The zero-order chi connectivity index (χ0) is 17.4. The number of hydrogen-bond acceptors (Lipinski definition) is 2. The highest BCUT2D eigenvalue weighted by Crippen LogP contribution is 2.31. The van der Waals surface area contributed by atoms with Crippen LogP contribution in [0.25, 0.3) is 10.9 Å². The molecule has 128 valence electrons. The predicted octanol–water partition coefficient (Wildman–Crippen LogP) is 4.95. The maximum Gasteiger partial charge on any atom is 0.410 e. The van der Waals surface area contributed by atoms with E-state index in [1.54, 1.807) is 0 Å². The summed E-state index contributed by atoms with van der Waals surface area (Å²) in [5.41, 5.74) is 3.30. The molecule has 1 saturated heterocycles. The SMILES string of the molecule is C[C@@H](c1ccccc1)N1C(=O)OC[C@@H]1Cc1c[nH]c2ccc(Cl)cc12.